The number of hydrogen-bond acceptors (Lipinski definition) is 8. The van der Waals surface area contributed by atoms with E-state index >= 15 is 0 Å². The Kier molecular flexibility index (Phi) is 15.5. The van der Waals surface area contributed by atoms with Gasteiger partial charge in [0.25, 0.3) is 0 Å². The second-order valence-electron chi connectivity index (χ2n) is 13.6. The summed E-state index contributed by atoms with van der Waals surface area (Å²) in [6.45, 7) is 12.0. The minimum atomic E-state index is -4.67. The quantitative estimate of drug-likeness (QED) is 0.159. The third-order valence-corrected chi connectivity index (χ3v) is 7.08. The fraction of sp³-hybridized carbons (Fsp3) is 0.316. The third-order valence-electron chi connectivity index (χ3n) is 7.08. The van der Waals surface area contributed by atoms with E-state index in [1.165, 1.54) is 0 Å². The van der Waals surface area contributed by atoms with Gasteiger partial charge in [-0.15, -0.1) is 0 Å². The van der Waals surface area contributed by atoms with Crippen molar-refractivity contribution in [1.29, 1.82) is 0 Å². The van der Waals surface area contributed by atoms with Crippen molar-refractivity contribution in [3.05, 3.63) is 94.0 Å². The summed E-state index contributed by atoms with van der Waals surface area (Å²) in [6.07, 6.45) is -7.15. The maximum absolute atomic E-state index is 13.7. The molecule has 0 aliphatic carbocycles. The molecule has 0 atom stereocenters. The van der Waals surface area contributed by atoms with Gasteiger partial charge < -0.3 is 30.0 Å². The van der Waals surface area contributed by atoms with Crippen LogP contribution in [0.4, 0.5) is 37.7 Å². The molecule has 0 aromatic heterocycles. The van der Waals surface area contributed by atoms with Crippen molar-refractivity contribution in [2.75, 3.05) is 0 Å². The van der Waals surface area contributed by atoms with E-state index in [0.29, 0.717) is 0 Å². The summed E-state index contributed by atoms with van der Waals surface area (Å²) >= 11 is 0. The first-order valence-corrected chi connectivity index (χ1v) is 15.5. The molecule has 0 unspecified atom stereocenters. The molecule has 1 radical (unpaired) electrons. The van der Waals surface area contributed by atoms with Crippen LogP contribution in [0.2, 0.25) is 0 Å². The van der Waals surface area contributed by atoms with Gasteiger partial charge in [-0.1, -0.05) is 65.8 Å². The van der Waals surface area contributed by atoms with Crippen molar-refractivity contribution in [1.82, 2.24) is 0 Å². The van der Waals surface area contributed by atoms with Gasteiger partial charge in [0.05, 0.1) is 22.5 Å². The van der Waals surface area contributed by atoms with Crippen molar-refractivity contribution >= 4 is 46.5 Å². The molecule has 0 saturated heterocycles. The molecule has 0 heterocycles. The van der Waals surface area contributed by atoms with Gasteiger partial charge in [-0.05, 0) is 71.8 Å². The number of nitrogens with zero attached hydrogens (tertiary/aromatic N) is 2. The molecular formula is C38H38CoF6N2O6. The van der Waals surface area contributed by atoms with Crippen LogP contribution in [0.15, 0.2) is 70.6 Å². The van der Waals surface area contributed by atoms with Crippen LogP contribution in [-0.4, -0.2) is 34.6 Å². The van der Waals surface area contributed by atoms with Crippen LogP contribution < -0.4 is 10.2 Å². The number of rotatable bonds is 4. The Labute approximate surface area is 313 Å². The van der Waals surface area contributed by atoms with Crippen LogP contribution in [0.1, 0.15) is 88.8 Å². The molecule has 0 bridgehead atoms. The Bertz CT molecular complexity index is 1840. The molecule has 15 heteroatoms. The summed E-state index contributed by atoms with van der Waals surface area (Å²) in [7, 11) is 0. The van der Waals surface area contributed by atoms with E-state index in [2.05, 4.69) is 9.98 Å². The fourth-order valence-electron chi connectivity index (χ4n) is 4.68. The number of hydrogen-bond donors (Lipinski definition) is 2. The summed E-state index contributed by atoms with van der Waals surface area (Å²) < 4.78 is 82.4. The minimum absolute atomic E-state index is 0. The number of phenolic OH excluding ortho intramolecular Hbond substituents is 2. The maximum Gasteiger partial charge on any atom is 2.00 e. The van der Waals surface area contributed by atoms with Crippen LogP contribution in [0, 0.1) is 0 Å². The third kappa shape index (κ3) is 13.5. The Morgan fingerprint density at radius 2 is 0.887 bits per heavy atom. The molecule has 4 aromatic rings. The Hall–Kier alpha value is -4.89. The van der Waals surface area contributed by atoms with Crippen molar-refractivity contribution in [2.24, 2.45) is 9.98 Å². The van der Waals surface area contributed by atoms with Crippen molar-refractivity contribution in [2.45, 2.75) is 78.6 Å². The normalized spacial score (nSPS) is 12.1. The molecule has 8 nitrogen and oxygen atoms in total. The van der Waals surface area contributed by atoms with E-state index in [1.807, 2.05) is 0 Å². The first-order chi connectivity index (χ1) is 23.6. The topological polar surface area (TPSA) is 145 Å². The van der Waals surface area contributed by atoms with Crippen LogP contribution in [0.3, 0.4) is 0 Å². The number of aliphatic carboxylic acids is 2. The Morgan fingerprint density at radius 1 is 0.604 bits per heavy atom. The second-order valence-corrected chi connectivity index (χ2v) is 13.6. The van der Waals surface area contributed by atoms with Gasteiger partial charge in [0.15, 0.2) is 0 Å². The van der Waals surface area contributed by atoms with Crippen LogP contribution in [-0.2, 0) is 49.6 Å². The predicted octanol–water partition coefficient (Wildman–Crippen LogP) is 7.89. The SMILES string of the molecule is CC(=O)[O-].CC(=O)[O-].CC(C)(C)c1cc(C(F)(F)F)cc(C=Nc2cc3ccccc3cc2N=Cc2cc(C(F)(F)F)cc(C(C)(C)C)c2O)c1O.[Co+2]. The van der Waals surface area contributed by atoms with Gasteiger partial charge in [0, 0.05) is 46.6 Å². The number of benzene rings is 4. The number of fused-ring (bicyclic) bond motifs is 1. The first-order valence-electron chi connectivity index (χ1n) is 15.5. The first kappa shape index (κ1) is 46.1. The molecule has 53 heavy (non-hydrogen) atoms. The summed E-state index contributed by atoms with van der Waals surface area (Å²) in [6, 6.07) is 13.8. The van der Waals surface area contributed by atoms with Crippen LogP contribution in [0.25, 0.3) is 10.8 Å². The zero-order chi connectivity index (χ0) is 40.0. The van der Waals surface area contributed by atoms with E-state index < -0.39 is 46.2 Å². The average molecular weight is 792 g/mol. The number of carboxylic acids is 2. The van der Waals surface area contributed by atoms with E-state index in [1.54, 1.807) is 77.9 Å². The zero-order valence-electron chi connectivity index (χ0n) is 30.0. The smallest absolute Gasteiger partial charge is 0.550 e. The molecule has 4 rings (SSSR count). The minimum Gasteiger partial charge on any atom is -0.550 e. The number of aromatic hydroxyl groups is 2. The van der Waals surface area contributed by atoms with Crippen LogP contribution >= 0.6 is 0 Å². The Balaban J connectivity index is 0.00000142. The van der Waals surface area contributed by atoms with Gasteiger partial charge >= 0.3 is 29.1 Å². The number of carbonyl (C=O) groups excluding carboxylic acids is 2. The molecule has 0 saturated carbocycles. The van der Waals surface area contributed by atoms with E-state index in [0.717, 1.165) is 61.3 Å². The number of aliphatic imine (C=N–C) groups is 2. The molecule has 0 aliphatic heterocycles. The molecule has 0 spiro atoms. The van der Waals surface area contributed by atoms with Gasteiger partial charge in [-0.25, -0.2) is 0 Å². The largest absolute Gasteiger partial charge is 2.00 e. The number of phenols is 2. The number of alkyl halides is 6. The summed E-state index contributed by atoms with van der Waals surface area (Å²) in [5.41, 5.74) is -3.35. The maximum atomic E-state index is 13.7. The van der Waals surface area contributed by atoms with Gasteiger partial charge in [0.1, 0.15) is 11.5 Å². The molecule has 0 fully saturated rings. The number of halogens is 6. The summed E-state index contributed by atoms with van der Waals surface area (Å²) in [4.78, 5) is 26.5. The summed E-state index contributed by atoms with van der Waals surface area (Å²) in [5, 5.41) is 41.0. The van der Waals surface area contributed by atoms with Gasteiger partial charge in [-0.2, -0.15) is 26.3 Å². The van der Waals surface area contributed by atoms with Crippen molar-refractivity contribution < 1.29 is 73.1 Å². The molecule has 2 N–H and O–H groups in total. The van der Waals surface area contributed by atoms with E-state index in [-0.39, 0.29) is 61.9 Å². The standard InChI is InChI=1S/C34H32F6N2O2.2C2H4O2.Co/c1-31(2,3)25-15-23(33(35,36)37)11-21(29(25)43)17-41-27-13-19-9-7-8-10-20(19)14-28(27)42-18-22-12-24(34(38,39)40)16-26(30(22)44)32(4,5)6;2*1-2(3)4;/h7-18,43-44H,1-6H3;2*1H3,(H,3,4);/q;;;+2/p-2. The number of carboxylic acid groups (broad SMARTS) is 2. The van der Waals surface area contributed by atoms with Gasteiger partial charge in [-0.3, -0.25) is 9.98 Å². The van der Waals surface area contributed by atoms with Gasteiger partial charge in [0.2, 0.25) is 0 Å². The monoisotopic (exact) mass is 791 g/mol. The zero-order valence-corrected chi connectivity index (χ0v) is 31.0. The average Bonchev–Trinajstić information content (AvgIpc) is 2.97. The summed E-state index contributed by atoms with van der Waals surface area (Å²) in [5.74, 6) is -2.88. The van der Waals surface area contributed by atoms with Crippen molar-refractivity contribution in [3.63, 3.8) is 0 Å². The van der Waals surface area contributed by atoms with Crippen LogP contribution in [0.5, 0.6) is 11.5 Å². The molecule has 0 aliphatic rings. The molecule has 0 amide bonds. The van der Waals surface area contributed by atoms with E-state index in [4.69, 9.17) is 19.8 Å². The van der Waals surface area contributed by atoms with Crippen molar-refractivity contribution in [3.8, 4) is 11.5 Å². The predicted molar refractivity (Wildman–Crippen MR) is 183 cm³/mol. The van der Waals surface area contributed by atoms with E-state index in [9.17, 15) is 36.6 Å². The second kappa shape index (κ2) is 17.8. The number of carbonyl (C=O) groups is 2. The molecule has 287 valence electrons. The molecule has 4 aromatic carbocycles. The molecular weight excluding hydrogens is 753 g/mol. The fourth-order valence-corrected chi connectivity index (χ4v) is 4.68. The Morgan fingerprint density at radius 3 is 1.13 bits per heavy atom.